The van der Waals surface area contributed by atoms with Gasteiger partial charge in [-0.05, 0) is 48.5 Å². The van der Waals surface area contributed by atoms with E-state index in [2.05, 4.69) is 9.88 Å². The monoisotopic (exact) mass is 380 g/mol. The van der Waals surface area contributed by atoms with E-state index in [-0.39, 0.29) is 5.75 Å². The Balaban J connectivity index is 1.46. The summed E-state index contributed by atoms with van der Waals surface area (Å²) in [5.41, 5.74) is 1.38. The summed E-state index contributed by atoms with van der Waals surface area (Å²) in [6.45, 7) is 0. The second-order valence-electron chi connectivity index (χ2n) is 5.93. The predicted molar refractivity (Wildman–Crippen MR) is 103 cm³/mol. The molecule has 1 heterocycles. The lowest BCUT2D eigenvalue weighted by Crippen LogP contribution is -2.15. The van der Waals surface area contributed by atoms with Gasteiger partial charge in [-0.15, -0.1) is 0 Å². The molecule has 136 valence electrons. The van der Waals surface area contributed by atoms with Gasteiger partial charge < -0.3 is 9.26 Å². The molecule has 0 saturated carbocycles. The molecule has 0 aliphatic rings. The van der Waals surface area contributed by atoms with Crippen molar-refractivity contribution in [3.05, 3.63) is 84.6 Å². The van der Waals surface area contributed by atoms with Crippen LogP contribution in [0.25, 0.3) is 11.0 Å². The first-order valence-corrected chi connectivity index (χ1v) is 9.91. The predicted octanol–water partition coefficient (Wildman–Crippen LogP) is 4.56. The van der Waals surface area contributed by atoms with E-state index in [9.17, 15) is 8.42 Å². The Bertz CT molecular complexity index is 1150. The number of anilines is 1. The first-order valence-electron chi connectivity index (χ1n) is 8.26. The maximum atomic E-state index is 12.5. The smallest absolute Gasteiger partial charge is 0.238 e. The standard InChI is InChI=1S/C20H16N2O4S/c23-27(24,14-19-18-8-4-5-9-20(18)26-21-19)22-15-10-12-17(13-11-15)25-16-6-2-1-3-7-16/h1-13,22H,14H2. The number of hydrogen-bond donors (Lipinski definition) is 1. The maximum Gasteiger partial charge on any atom is 0.238 e. The molecule has 1 N–H and O–H groups in total. The second kappa shape index (κ2) is 7.13. The fraction of sp³-hybridized carbons (Fsp3) is 0.0500. The van der Waals surface area contributed by atoms with Crippen molar-refractivity contribution in [2.75, 3.05) is 4.72 Å². The quantitative estimate of drug-likeness (QED) is 0.530. The van der Waals surface area contributed by atoms with Crippen molar-refractivity contribution in [2.45, 2.75) is 5.75 Å². The van der Waals surface area contributed by atoms with Gasteiger partial charge in [0.2, 0.25) is 10.0 Å². The summed E-state index contributed by atoms with van der Waals surface area (Å²) in [4.78, 5) is 0. The fourth-order valence-corrected chi connectivity index (χ4v) is 3.79. The molecule has 0 radical (unpaired) electrons. The number of ether oxygens (including phenoxy) is 1. The summed E-state index contributed by atoms with van der Waals surface area (Å²) in [7, 11) is -3.63. The van der Waals surface area contributed by atoms with Crippen molar-refractivity contribution < 1.29 is 17.7 Å². The van der Waals surface area contributed by atoms with Crippen molar-refractivity contribution in [3.63, 3.8) is 0 Å². The first-order chi connectivity index (χ1) is 13.1. The molecular formula is C20H16N2O4S. The third-order valence-electron chi connectivity index (χ3n) is 3.89. The van der Waals surface area contributed by atoms with Crippen molar-refractivity contribution in [3.8, 4) is 11.5 Å². The molecule has 0 amide bonds. The number of fused-ring (bicyclic) bond motifs is 1. The van der Waals surface area contributed by atoms with Gasteiger partial charge in [-0.2, -0.15) is 0 Å². The SMILES string of the molecule is O=S(=O)(Cc1noc2ccccc12)Nc1ccc(Oc2ccccc2)cc1. The van der Waals surface area contributed by atoms with E-state index >= 15 is 0 Å². The zero-order valence-electron chi connectivity index (χ0n) is 14.2. The molecule has 4 rings (SSSR count). The normalized spacial score (nSPS) is 11.4. The van der Waals surface area contributed by atoms with E-state index in [1.807, 2.05) is 42.5 Å². The van der Waals surface area contributed by atoms with Crippen molar-refractivity contribution in [2.24, 2.45) is 0 Å². The van der Waals surface area contributed by atoms with Crippen LogP contribution in [-0.2, 0) is 15.8 Å². The van der Waals surface area contributed by atoms with Crippen LogP contribution in [0.2, 0.25) is 0 Å². The van der Waals surface area contributed by atoms with E-state index in [0.717, 1.165) is 0 Å². The molecule has 6 nitrogen and oxygen atoms in total. The second-order valence-corrected chi connectivity index (χ2v) is 7.65. The minimum atomic E-state index is -3.63. The van der Waals surface area contributed by atoms with E-state index in [4.69, 9.17) is 9.26 Å². The lowest BCUT2D eigenvalue weighted by molar-refractivity contribution is 0.448. The topological polar surface area (TPSA) is 81.4 Å². The summed E-state index contributed by atoms with van der Waals surface area (Å²) >= 11 is 0. The number of benzene rings is 3. The molecule has 0 saturated heterocycles. The summed E-state index contributed by atoms with van der Waals surface area (Å²) in [6.07, 6.45) is 0. The highest BCUT2D eigenvalue weighted by molar-refractivity contribution is 7.91. The molecule has 27 heavy (non-hydrogen) atoms. The Kier molecular flexibility index (Phi) is 4.52. The lowest BCUT2D eigenvalue weighted by Gasteiger charge is -2.09. The molecule has 0 fully saturated rings. The summed E-state index contributed by atoms with van der Waals surface area (Å²) in [6, 6.07) is 23.2. The average molecular weight is 380 g/mol. The van der Waals surface area contributed by atoms with Gasteiger partial charge in [0.15, 0.2) is 5.58 Å². The van der Waals surface area contributed by atoms with E-state index in [1.165, 1.54) is 0 Å². The van der Waals surface area contributed by atoms with Gasteiger partial charge in [-0.3, -0.25) is 4.72 Å². The largest absolute Gasteiger partial charge is 0.457 e. The molecule has 0 unspecified atom stereocenters. The summed E-state index contributed by atoms with van der Waals surface area (Å²) < 4.78 is 38.3. The van der Waals surface area contributed by atoms with Gasteiger partial charge in [0.05, 0.1) is 0 Å². The molecule has 0 bridgehead atoms. The Labute approximate surface area is 156 Å². The Morgan fingerprint density at radius 1 is 0.852 bits per heavy atom. The van der Waals surface area contributed by atoms with Gasteiger partial charge in [0.1, 0.15) is 22.9 Å². The number of aromatic nitrogens is 1. The number of nitrogens with zero attached hydrogens (tertiary/aromatic N) is 1. The number of sulfonamides is 1. The lowest BCUT2D eigenvalue weighted by atomic mass is 10.2. The molecule has 3 aromatic carbocycles. The first kappa shape index (κ1) is 17.1. The van der Waals surface area contributed by atoms with Gasteiger partial charge in [0.25, 0.3) is 0 Å². The third-order valence-corrected chi connectivity index (χ3v) is 5.09. The van der Waals surface area contributed by atoms with Crippen molar-refractivity contribution >= 4 is 26.7 Å². The maximum absolute atomic E-state index is 12.5. The highest BCUT2D eigenvalue weighted by Crippen LogP contribution is 2.24. The average Bonchev–Trinajstić information content (AvgIpc) is 3.06. The molecule has 4 aromatic rings. The zero-order chi connectivity index (χ0) is 18.7. The molecule has 1 aromatic heterocycles. The third kappa shape index (κ3) is 4.09. The number of para-hydroxylation sites is 2. The van der Waals surface area contributed by atoms with Crippen LogP contribution in [0.1, 0.15) is 5.69 Å². The van der Waals surface area contributed by atoms with Crippen LogP contribution in [0, 0.1) is 0 Å². The van der Waals surface area contributed by atoms with Crippen LogP contribution in [0.4, 0.5) is 5.69 Å². The molecular weight excluding hydrogens is 364 g/mol. The van der Waals surface area contributed by atoms with Crippen LogP contribution in [0.15, 0.2) is 83.4 Å². The van der Waals surface area contributed by atoms with Gasteiger partial charge >= 0.3 is 0 Å². The van der Waals surface area contributed by atoms with Gasteiger partial charge in [0, 0.05) is 11.1 Å². The zero-order valence-corrected chi connectivity index (χ0v) is 15.0. The number of rotatable bonds is 6. The molecule has 0 aliphatic carbocycles. The minimum Gasteiger partial charge on any atom is -0.457 e. The molecule has 0 aliphatic heterocycles. The van der Waals surface area contributed by atoms with Gasteiger partial charge in [-0.1, -0.05) is 35.5 Å². The van der Waals surface area contributed by atoms with Gasteiger partial charge in [-0.25, -0.2) is 8.42 Å². The minimum absolute atomic E-state index is 0.272. The van der Waals surface area contributed by atoms with E-state index in [1.54, 1.807) is 36.4 Å². The molecule has 7 heteroatoms. The molecule has 0 atom stereocenters. The van der Waals surface area contributed by atoms with Crippen LogP contribution in [0.5, 0.6) is 11.5 Å². The van der Waals surface area contributed by atoms with Crippen molar-refractivity contribution in [1.82, 2.24) is 5.16 Å². The van der Waals surface area contributed by atoms with Crippen molar-refractivity contribution in [1.29, 1.82) is 0 Å². The Morgan fingerprint density at radius 3 is 2.30 bits per heavy atom. The van der Waals surface area contributed by atoms with E-state index in [0.29, 0.717) is 33.8 Å². The summed E-state index contributed by atoms with van der Waals surface area (Å²) in [5, 5.41) is 4.56. The molecule has 0 spiro atoms. The highest BCUT2D eigenvalue weighted by Gasteiger charge is 2.17. The summed E-state index contributed by atoms with van der Waals surface area (Å²) in [5.74, 6) is 1.06. The van der Waals surface area contributed by atoms with Crippen LogP contribution >= 0.6 is 0 Å². The van der Waals surface area contributed by atoms with Crippen LogP contribution < -0.4 is 9.46 Å². The number of nitrogens with one attached hydrogen (secondary N) is 1. The highest BCUT2D eigenvalue weighted by atomic mass is 32.2. The van der Waals surface area contributed by atoms with Crippen LogP contribution in [-0.4, -0.2) is 13.6 Å². The fourth-order valence-electron chi connectivity index (χ4n) is 2.65. The number of hydrogen-bond acceptors (Lipinski definition) is 5. The van der Waals surface area contributed by atoms with E-state index < -0.39 is 10.0 Å². The Hall–Kier alpha value is -3.32. The Morgan fingerprint density at radius 2 is 1.52 bits per heavy atom. The van der Waals surface area contributed by atoms with Crippen LogP contribution in [0.3, 0.4) is 0 Å².